The summed E-state index contributed by atoms with van der Waals surface area (Å²) >= 11 is 0. The second-order valence-electron chi connectivity index (χ2n) is 4.88. The number of carbonyl (C=O) groups is 1. The van der Waals surface area contributed by atoms with Crippen molar-refractivity contribution in [1.29, 1.82) is 0 Å². The zero-order valence-electron chi connectivity index (χ0n) is 11.9. The van der Waals surface area contributed by atoms with E-state index in [1.54, 1.807) is 0 Å². The largest absolute Gasteiger partial charge is 0.393 e. The third kappa shape index (κ3) is 5.85. The maximum atomic E-state index is 11.9. The zero-order chi connectivity index (χ0) is 14.3. The molecule has 3 N–H and O–H groups in total. The molecule has 0 fully saturated rings. The molecule has 2 atom stereocenters. The number of aryl methyl sites for hydroxylation is 1. The van der Waals surface area contributed by atoms with Crippen LogP contribution in [-0.2, 0) is 4.79 Å². The van der Waals surface area contributed by atoms with Gasteiger partial charge in [0.1, 0.15) is 0 Å². The average molecular weight is 264 g/mol. The summed E-state index contributed by atoms with van der Waals surface area (Å²) in [7, 11) is 0. The van der Waals surface area contributed by atoms with E-state index in [4.69, 9.17) is 0 Å². The van der Waals surface area contributed by atoms with E-state index in [9.17, 15) is 9.90 Å². The Balaban J connectivity index is 2.34. The molecule has 2 unspecified atom stereocenters. The van der Waals surface area contributed by atoms with Crippen LogP contribution in [-0.4, -0.2) is 29.7 Å². The van der Waals surface area contributed by atoms with Gasteiger partial charge in [-0.3, -0.25) is 4.79 Å². The highest BCUT2D eigenvalue weighted by Crippen LogP contribution is 2.08. The summed E-state index contributed by atoms with van der Waals surface area (Å²) < 4.78 is 0. The standard InChI is InChI=1S/C15H24N2O2/c1-4-14(18)9-10-16-12(3)15(19)17-13-7-5-11(2)6-8-13/h5-8,12,14,16,18H,4,9-10H2,1-3H3,(H,17,19). The number of benzene rings is 1. The fraction of sp³-hybridized carbons (Fsp3) is 0.533. The molecule has 106 valence electrons. The van der Waals surface area contributed by atoms with Gasteiger partial charge in [-0.05, 0) is 45.4 Å². The van der Waals surface area contributed by atoms with Crippen molar-refractivity contribution >= 4 is 11.6 Å². The third-order valence-corrected chi connectivity index (χ3v) is 3.11. The molecular weight excluding hydrogens is 240 g/mol. The highest BCUT2D eigenvalue weighted by molar-refractivity contribution is 5.94. The molecule has 0 bridgehead atoms. The molecule has 4 nitrogen and oxygen atoms in total. The highest BCUT2D eigenvalue weighted by Gasteiger charge is 2.12. The highest BCUT2D eigenvalue weighted by atomic mass is 16.3. The molecule has 1 aromatic carbocycles. The van der Waals surface area contributed by atoms with Crippen molar-refractivity contribution in [3.63, 3.8) is 0 Å². The number of rotatable bonds is 7. The van der Waals surface area contributed by atoms with Crippen LogP contribution >= 0.6 is 0 Å². The minimum Gasteiger partial charge on any atom is -0.393 e. The van der Waals surface area contributed by atoms with Crippen molar-refractivity contribution in [2.45, 2.75) is 45.8 Å². The van der Waals surface area contributed by atoms with Crippen molar-refractivity contribution in [3.8, 4) is 0 Å². The molecule has 0 aromatic heterocycles. The van der Waals surface area contributed by atoms with Crippen molar-refractivity contribution < 1.29 is 9.90 Å². The number of nitrogens with one attached hydrogen (secondary N) is 2. The fourth-order valence-electron chi connectivity index (χ4n) is 1.65. The summed E-state index contributed by atoms with van der Waals surface area (Å²) in [5.74, 6) is -0.0603. The van der Waals surface area contributed by atoms with Gasteiger partial charge in [0.2, 0.25) is 5.91 Å². The van der Waals surface area contributed by atoms with Crippen molar-refractivity contribution in [2.75, 3.05) is 11.9 Å². The van der Waals surface area contributed by atoms with E-state index in [1.165, 1.54) is 0 Å². The van der Waals surface area contributed by atoms with E-state index < -0.39 is 0 Å². The van der Waals surface area contributed by atoms with E-state index in [0.717, 1.165) is 17.7 Å². The lowest BCUT2D eigenvalue weighted by Gasteiger charge is -2.15. The van der Waals surface area contributed by atoms with Crippen LogP contribution in [0.1, 0.15) is 32.3 Å². The number of aliphatic hydroxyl groups is 1. The smallest absolute Gasteiger partial charge is 0.241 e. The first-order valence-electron chi connectivity index (χ1n) is 6.82. The van der Waals surface area contributed by atoms with E-state index in [-0.39, 0.29) is 18.1 Å². The molecular formula is C15H24N2O2. The topological polar surface area (TPSA) is 61.4 Å². The number of hydrogen-bond donors (Lipinski definition) is 3. The Morgan fingerprint density at radius 2 is 1.95 bits per heavy atom. The number of anilines is 1. The molecule has 0 aliphatic rings. The minimum absolute atomic E-state index is 0.0603. The van der Waals surface area contributed by atoms with E-state index in [2.05, 4.69) is 10.6 Å². The lowest BCUT2D eigenvalue weighted by molar-refractivity contribution is -0.117. The van der Waals surface area contributed by atoms with Gasteiger partial charge in [-0.2, -0.15) is 0 Å². The van der Waals surface area contributed by atoms with Crippen LogP contribution in [0.4, 0.5) is 5.69 Å². The quantitative estimate of drug-likeness (QED) is 0.706. The summed E-state index contributed by atoms with van der Waals surface area (Å²) in [5.41, 5.74) is 1.97. The number of carbonyl (C=O) groups excluding carboxylic acids is 1. The van der Waals surface area contributed by atoms with Crippen LogP contribution in [0.25, 0.3) is 0 Å². The Morgan fingerprint density at radius 1 is 1.32 bits per heavy atom. The van der Waals surface area contributed by atoms with Gasteiger partial charge in [0, 0.05) is 5.69 Å². The van der Waals surface area contributed by atoms with E-state index in [0.29, 0.717) is 13.0 Å². The van der Waals surface area contributed by atoms with Crippen molar-refractivity contribution in [1.82, 2.24) is 5.32 Å². The Kier molecular flexibility index (Phi) is 6.53. The summed E-state index contributed by atoms with van der Waals surface area (Å²) in [5, 5.41) is 15.4. The Hall–Kier alpha value is -1.39. The number of amides is 1. The molecule has 0 aliphatic heterocycles. The van der Waals surface area contributed by atoms with Gasteiger partial charge in [-0.1, -0.05) is 24.6 Å². The summed E-state index contributed by atoms with van der Waals surface area (Å²) in [6.07, 6.45) is 1.12. The molecule has 19 heavy (non-hydrogen) atoms. The van der Waals surface area contributed by atoms with Crippen LogP contribution in [0.15, 0.2) is 24.3 Å². The molecule has 0 radical (unpaired) electrons. The average Bonchev–Trinajstić information content (AvgIpc) is 2.40. The maximum Gasteiger partial charge on any atom is 0.241 e. The third-order valence-electron chi connectivity index (χ3n) is 3.11. The zero-order valence-corrected chi connectivity index (χ0v) is 11.9. The first kappa shape index (κ1) is 15.7. The van der Waals surface area contributed by atoms with E-state index >= 15 is 0 Å². The van der Waals surface area contributed by atoms with Gasteiger partial charge >= 0.3 is 0 Å². The molecule has 0 saturated heterocycles. The minimum atomic E-state index is -0.292. The predicted octanol–water partition coefficient (Wildman–Crippen LogP) is 2.07. The Bertz CT molecular complexity index is 390. The SMILES string of the molecule is CCC(O)CCNC(C)C(=O)Nc1ccc(C)cc1. The molecule has 1 rings (SSSR count). The van der Waals surface area contributed by atoms with Crippen LogP contribution < -0.4 is 10.6 Å². The van der Waals surface area contributed by atoms with Crippen LogP contribution in [0.3, 0.4) is 0 Å². The van der Waals surface area contributed by atoms with Crippen molar-refractivity contribution in [3.05, 3.63) is 29.8 Å². The van der Waals surface area contributed by atoms with Gasteiger partial charge in [0.25, 0.3) is 0 Å². The number of aliphatic hydroxyl groups excluding tert-OH is 1. The molecule has 0 saturated carbocycles. The molecule has 0 heterocycles. The van der Waals surface area contributed by atoms with Crippen LogP contribution in [0.2, 0.25) is 0 Å². The molecule has 0 aliphatic carbocycles. The first-order chi connectivity index (χ1) is 9.02. The predicted molar refractivity (Wildman–Crippen MR) is 78.2 cm³/mol. The summed E-state index contributed by atoms with van der Waals surface area (Å²) in [4.78, 5) is 11.9. The normalized spacial score (nSPS) is 13.9. The fourth-order valence-corrected chi connectivity index (χ4v) is 1.65. The van der Waals surface area contributed by atoms with Gasteiger partial charge in [-0.25, -0.2) is 0 Å². The van der Waals surface area contributed by atoms with E-state index in [1.807, 2.05) is 45.0 Å². The molecule has 4 heteroatoms. The molecule has 0 spiro atoms. The Morgan fingerprint density at radius 3 is 2.53 bits per heavy atom. The van der Waals surface area contributed by atoms with Gasteiger partial charge in [0.05, 0.1) is 12.1 Å². The lowest BCUT2D eigenvalue weighted by atomic mass is 10.2. The van der Waals surface area contributed by atoms with Crippen LogP contribution in [0.5, 0.6) is 0 Å². The lowest BCUT2D eigenvalue weighted by Crippen LogP contribution is -2.39. The van der Waals surface area contributed by atoms with Crippen LogP contribution in [0, 0.1) is 6.92 Å². The second kappa shape index (κ2) is 7.92. The van der Waals surface area contributed by atoms with Gasteiger partial charge in [-0.15, -0.1) is 0 Å². The maximum absolute atomic E-state index is 11.9. The van der Waals surface area contributed by atoms with Gasteiger partial charge < -0.3 is 15.7 Å². The van der Waals surface area contributed by atoms with Crippen molar-refractivity contribution in [2.24, 2.45) is 0 Å². The molecule has 1 amide bonds. The molecule has 1 aromatic rings. The summed E-state index contributed by atoms with van der Waals surface area (Å²) in [6, 6.07) is 7.43. The first-order valence-corrected chi connectivity index (χ1v) is 6.82. The Labute approximate surface area is 115 Å². The van der Waals surface area contributed by atoms with Gasteiger partial charge in [0.15, 0.2) is 0 Å². The summed E-state index contributed by atoms with van der Waals surface area (Å²) in [6.45, 7) is 6.41. The monoisotopic (exact) mass is 264 g/mol. The second-order valence-corrected chi connectivity index (χ2v) is 4.88. The number of hydrogen-bond acceptors (Lipinski definition) is 3.